The van der Waals surface area contributed by atoms with Crippen molar-refractivity contribution in [1.29, 1.82) is 0 Å². The van der Waals surface area contributed by atoms with Gasteiger partial charge in [-0.05, 0) is 43.7 Å². The van der Waals surface area contributed by atoms with Crippen LogP contribution in [0.2, 0.25) is 0 Å². The van der Waals surface area contributed by atoms with Gasteiger partial charge >= 0.3 is 0 Å². The van der Waals surface area contributed by atoms with Gasteiger partial charge in [-0.3, -0.25) is 9.69 Å². The third kappa shape index (κ3) is 4.84. The second-order valence-corrected chi connectivity index (χ2v) is 8.64. The van der Waals surface area contributed by atoms with Crippen LogP contribution in [0.3, 0.4) is 0 Å². The molecule has 1 aliphatic carbocycles. The summed E-state index contributed by atoms with van der Waals surface area (Å²) in [6.07, 6.45) is 5.46. The molecule has 0 bridgehead atoms. The zero-order valence-corrected chi connectivity index (χ0v) is 18.7. The lowest BCUT2D eigenvalue weighted by molar-refractivity contribution is 0.0879. The van der Waals surface area contributed by atoms with Gasteiger partial charge in [0.2, 0.25) is 0 Å². The lowest BCUT2D eigenvalue weighted by atomic mass is 10.1. The summed E-state index contributed by atoms with van der Waals surface area (Å²) in [4.78, 5) is 19.0. The van der Waals surface area contributed by atoms with Crippen molar-refractivity contribution in [2.75, 3.05) is 43.8 Å². The van der Waals surface area contributed by atoms with Crippen LogP contribution >= 0.6 is 0 Å². The van der Waals surface area contributed by atoms with Gasteiger partial charge in [-0.2, -0.15) is 0 Å². The number of hydrogen-bond donors (Lipinski definition) is 2. The van der Waals surface area contributed by atoms with Gasteiger partial charge in [-0.25, -0.2) is 4.98 Å². The number of carbonyl (C=O) groups is 1. The summed E-state index contributed by atoms with van der Waals surface area (Å²) in [5.41, 5.74) is 1.02. The number of aliphatic hydroxyl groups excluding tert-OH is 1. The first-order chi connectivity index (χ1) is 16.1. The van der Waals surface area contributed by atoms with Crippen molar-refractivity contribution in [3.8, 4) is 17.2 Å². The number of ether oxygens (including phenoxy) is 4. The molecule has 2 aromatic rings. The Morgan fingerprint density at radius 1 is 1.27 bits per heavy atom. The molecule has 5 rings (SSSR count). The van der Waals surface area contributed by atoms with Crippen molar-refractivity contribution in [3.05, 3.63) is 36.0 Å². The van der Waals surface area contributed by atoms with E-state index in [0.717, 1.165) is 32.3 Å². The maximum Gasteiger partial charge on any atom is 0.266 e. The zero-order valence-electron chi connectivity index (χ0n) is 18.7. The summed E-state index contributed by atoms with van der Waals surface area (Å²) in [5, 5.41) is 13.3. The van der Waals surface area contributed by atoms with Crippen LogP contribution < -0.4 is 24.4 Å². The molecular formula is C24H29N3O6. The maximum atomic E-state index is 13.1. The third-order valence-corrected chi connectivity index (χ3v) is 6.26. The summed E-state index contributed by atoms with van der Waals surface area (Å²) in [6.45, 7) is 1.77. The fourth-order valence-electron chi connectivity index (χ4n) is 4.10. The number of hydrogen-bond acceptors (Lipinski definition) is 8. The van der Waals surface area contributed by atoms with Crippen LogP contribution in [0.25, 0.3) is 0 Å². The van der Waals surface area contributed by atoms with Gasteiger partial charge in [0.15, 0.2) is 18.2 Å². The molecule has 1 saturated heterocycles. The first-order valence-electron chi connectivity index (χ1n) is 11.4. The smallest absolute Gasteiger partial charge is 0.266 e. The molecule has 0 radical (unpaired) electrons. The number of carbonyl (C=O) groups excluding carboxylic acids is 1. The summed E-state index contributed by atoms with van der Waals surface area (Å²) in [5.74, 6) is 2.30. The molecule has 2 fully saturated rings. The van der Waals surface area contributed by atoms with Crippen LogP contribution in [0.4, 0.5) is 11.5 Å². The highest BCUT2D eigenvalue weighted by Gasteiger charge is 2.31. The monoisotopic (exact) mass is 455 g/mol. The van der Waals surface area contributed by atoms with E-state index in [4.69, 9.17) is 18.9 Å². The van der Waals surface area contributed by atoms with Crippen molar-refractivity contribution >= 4 is 17.4 Å². The average molecular weight is 456 g/mol. The minimum absolute atomic E-state index is 0.0742. The number of nitrogens with one attached hydrogen (secondary N) is 1. The van der Waals surface area contributed by atoms with E-state index in [-0.39, 0.29) is 25.3 Å². The highest BCUT2D eigenvalue weighted by molar-refractivity contribution is 6.08. The van der Waals surface area contributed by atoms with Gasteiger partial charge in [0, 0.05) is 31.5 Å². The lowest BCUT2D eigenvalue weighted by Gasteiger charge is -2.29. The first-order valence-corrected chi connectivity index (χ1v) is 11.4. The number of anilines is 2. The Bertz CT molecular complexity index is 1010. The van der Waals surface area contributed by atoms with E-state index in [1.54, 1.807) is 31.4 Å². The molecule has 1 aromatic carbocycles. The molecule has 3 heterocycles. The number of benzene rings is 1. The van der Waals surface area contributed by atoms with Crippen molar-refractivity contribution in [1.82, 2.24) is 4.98 Å². The van der Waals surface area contributed by atoms with Crippen LogP contribution in [0.15, 0.2) is 30.5 Å². The molecule has 1 saturated carbocycles. The number of nitrogens with zero attached hydrogens (tertiary/aromatic N) is 2. The summed E-state index contributed by atoms with van der Waals surface area (Å²) in [6, 6.07) is 7.00. The van der Waals surface area contributed by atoms with Gasteiger partial charge in [0.05, 0.1) is 25.0 Å². The van der Waals surface area contributed by atoms with Crippen LogP contribution in [-0.2, 0) is 4.74 Å². The number of aromatic nitrogens is 1. The predicted molar refractivity (Wildman–Crippen MR) is 121 cm³/mol. The molecule has 1 amide bonds. The lowest BCUT2D eigenvalue weighted by Crippen LogP contribution is -2.38. The first kappa shape index (κ1) is 21.8. The number of fused-ring (bicyclic) bond motifs is 1. The molecule has 0 spiro atoms. The van der Waals surface area contributed by atoms with Crippen molar-refractivity contribution in [2.45, 2.75) is 37.9 Å². The fourth-order valence-corrected chi connectivity index (χ4v) is 4.10. The number of pyridine rings is 1. The Morgan fingerprint density at radius 2 is 2.15 bits per heavy atom. The molecule has 9 nitrogen and oxygen atoms in total. The maximum absolute atomic E-state index is 13.1. The van der Waals surface area contributed by atoms with Gasteiger partial charge in [0.1, 0.15) is 23.7 Å². The molecule has 1 aromatic heterocycles. The summed E-state index contributed by atoms with van der Waals surface area (Å²) < 4.78 is 22.7. The Kier molecular flexibility index (Phi) is 6.24. The topological polar surface area (TPSA) is 102 Å². The van der Waals surface area contributed by atoms with E-state index in [1.807, 2.05) is 0 Å². The Hall–Kier alpha value is -3.04. The quantitative estimate of drug-likeness (QED) is 0.595. The molecular weight excluding hydrogens is 426 g/mol. The highest BCUT2D eigenvalue weighted by Crippen LogP contribution is 2.37. The Morgan fingerprint density at radius 3 is 2.91 bits per heavy atom. The molecule has 2 atom stereocenters. The summed E-state index contributed by atoms with van der Waals surface area (Å²) >= 11 is 0. The van der Waals surface area contributed by atoms with Gasteiger partial charge in [-0.15, -0.1) is 0 Å². The van der Waals surface area contributed by atoms with E-state index in [0.29, 0.717) is 46.8 Å². The number of amides is 1. The molecule has 0 unspecified atom stereocenters. The van der Waals surface area contributed by atoms with E-state index in [9.17, 15) is 9.90 Å². The highest BCUT2D eigenvalue weighted by atomic mass is 16.5. The molecule has 2 N–H and O–H groups in total. The molecule has 33 heavy (non-hydrogen) atoms. The minimum Gasteiger partial charge on any atom is -0.493 e. The van der Waals surface area contributed by atoms with Crippen LogP contribution in [0.5, 0.6) is 17.2 Å². The SMILES string of the molecule is COc1cc(N2COc3cc(NC[C@H]4CCCO4)ncc3C2=O)ccc1OC[C@H](O)C1CC1. The zero-order chi connectivity index (χ0) is 22.8. The average Bonchev–Trinajstić information content (AvgIpc) is 3.57. The number of methoxy groups -OCH3 is 1. The fraction of sp³-hybridized carbons (Fsp3) is 0.500. The molecule has 2 aliphatic heterocycles. The number of aliphatic hydroxyl groups is 1. The molecule has 9 heteroatoms. The van der Waals surface area contributed by atoms with E-state index >= 15 is 0 Å². The number of rotatable bonds is 9. The van der Waals surface area contributed by atoms with Gasteiger partial charge in [-0.1, -0.05) is 0 Å². The van der Waals surface area contributed by atoms with Crippen molar-refractivity contribution < 1.29 is 28.8 Å². The van der Waals surface area contributed by atoms with Gasteiger partial charge < -0.3 is 29.4 Å². The predicted octanol–water partition coefficient (Wildman–Crippen LogP) is 2.83. The van der Waals surface area contributed by atoms with Crippen LogP contribution in [0.1, 0.15) is 36.0 Å². The molecule has 3 aliphatic rings. The van der Waals surface area contributed by atoms with E-state index in [2.05, 4.69) is 10.3 Å². The normalized spacial score (nSPS) is 20.7. The standard InChI is InChI=1S/C24H29N3O6/c1-30-22-9-16(6-7-20(22)32-13-19(28)15-4-5-15)27-14-33-21-10-23(26-12-18(21)24(27)29)25-11-17-3-2-8-31-17/h6-7,9-10,12,15,17,19,28H,2-5,8,11,13-14H2,1H3,(H,25,26)/t17-,19+/m1/s1. The second-order valence-electron chi connectivity index (χ2n) is 8.64. The van der Waals surface area contributed by atoms with Crippen molar-refractivity contribution in [2.24, 2.45) is 5.92 Å². The van der Waals surface area contributed by atoms with Gasteiger partial charge in [0.25, 0.3) is 5.91 Å². The molecule has 176 valence electrons. The Balaban J connectivity index is 1.26. The van der Waals surface area contributed by atoms with Crippen molar-refractivity contribution in [3.63, 3.8) is 0 Å². The van der Waals surface area contributed by atoms with Crippen LogP contribution in [-0.4, -0.2) is 61.8 Å². The van der Waals surface area contributed by atoms with E-state index in [1.165, 1.54) is 11.1 Å². The third-order valence-electron chi connectivity index (χ3n) is 6.26. The van der Waals surface area contributed by atoms with E-state index < -0.39 is 6.10 Å². The second kappa shape index (κ2) is 9.44. The largest absolute Gasteiger partial charge is 0.493 e. The minimum atomic E-state index is -0.472. The van der Waals surface area contributed by atoms with Crippen LogP contribution in [0, 0.1) is 5.92 Å². The summed E-state index contributed by atoms with van der Waals surface area (Å²) in [7, 11) is 1.54. The Labute approximate surface area is 192 Å².